The van der Waals surface area contributed by atoms with Gasteiger partial charge in [0.05, 0.1) is 5.00 Å². The molecule has 0 aliphatic carbocycles. The molecule has 2 saturated heterocycles. The lowest BCUT2D eigenvalue weighted by Gasteiger charge is -2.35. The van der Waals surface area contributed by atoms with E-state index in [4.69, 9.17) is 4.74 Å². The predicted octanol–water partition coefficient (Wildman–Crippen LogP) is 1.60. The zero-order chi connectivity index (χ0) is 14.7. The molecule has 21 heavy (non-hydrogen) atoms. The summed E-state index contributed by atoms with van der Waals surface area (Å²) in [4.78, 5) is 27.9. The molecule has 2 fully saturated rings. The van der Waals surface area contributed by atoms with E-state index in [0.717, 1.165) is 17.8 Å². The van der Waals surface area contributed by atoms with Crippen LogP contribution in [0.25, 0.3) is 0 Å². The molecule has 1 aromatic rings. The lowest BCUT2D eigenvalue weighted by Crippen LogP contribution is -2.53. The summed E-state index contributed by atoms with van der Waals surface area (Å²) in [5.74, 6) is 0.0748. The summed E-state index contributed by atoms with van der Waals surface area (Å²) in [5.41, 5.74) is 0. The number of amides is 3. The second-order valence-electron chi connectivity index (χ2n) is 5.22. The van der Waals surface area contributed by atoms with Crippen molar-refractivity contribution < 1.29 is 14.3 Å². The van der Waals surface area contributed by atoms with Crippen LogP contribution in [0.4, 0.5) is 9.80 Å². The molecule has 7 heteroatoms. The first kappa shape index (κ1) is 14.3. The van der Waals surface area contributed by atoms with E-state index in [2.05, 4.69) is 5.32 Å². The molecule has 0 unspecified atom stereocenters. The third-order valence-corrected chi connectivity index (χ3v) is 4.62. The molecule has 0 bridgehead atoms. The number of rotatable bonds is 2. The molecule has 3 rings (SSSR count). The number of carbonyl (C=O) groups excluding carboxylic acids is 2. The fourth-order valence-corrected chi connectivity index (χ4v) is 3.25. The summed E-state index contributed by atoms with van der Waals surface area (Å²) in [6.07, 6.45) is 1.51. The Kier molecular flexibility index (Phi) is 4.40. The van der Waals surface area contributed by atoms with E-state index in [-0.39, 0.29) is 18.0 Å². The van der Waals surface area contributed by atoms with Crippen LogP contribution in [0.3, 0.4) is 0 Å². The van der Waals surface area contributed by atoms with E-state index in [1.165, 1.54) is 11.3 Å². The van der Waals surface area contributed by atoms with Gasteiger partial charge < -0.3 is 14.5 Å². The van der Waals surface area contributed by atoms with Crippen LogP contribution < -0.4 is 5.32 Å². The van der Waals surface area contributed by atoms with Crippen molar-refractivity contribution in [3.63, 3.8) is 0 Å². The van der Waals surface area contributed by atoms with Gasteiger partial charge in [0, 0.05) is 32.8 Å². The van der Waals surface area contributed by atoms with Crippen LogP contribution in [0, 0.1) is 0 Å². The summed E-state index contributed by atoms with van der Waals surface area (Å²) in [5, 5.41) is 5.64. The second kappa shape index (κ2) is 6.44. The van der Waals surface area contributed by atoms with Gasteiger partial charge in [0.2, 0.25) is 0 Å². The Hall–Kier alpha value is -1.60. The SMILES string of the molecule is O=C(Nc1cccs1)N1CCN(C(=O)[C@H]2CCCO2)CC1. The average molecular weight is 309 g/mol. The fraction of sp³-hybridized carbons (Fsp3) is 0.571. The Balaban J connectivity index is 1.48. The summed E-state index contributed by atoms with van der Waals surface area (Å²) >= 11 is 1.50. The van der Waals surface area contributed by atoms with Gasteiger partial charge >= 0.3 is 6.03 Å². The number of hydrogen-bond donors (Lipinski definition) is 1. The molecular weight excluding hydrogens is 290 g/mol. The smallest absolute Gasteiger partial charge is 0.322 e. The summed E-state index contributed by atoms with van der Waals surface area (Å²) in [7, 11) is 0. The molecule has 3 heterocycles. The van der Waals surface area contributed by atoms with Crippen LogP contribution in [0.15, 0.2) is 17.5 Å². The van der Waals surface area contributed by atoms with Gasteiger partial charge in [-0.15, -0.1) is 11.3 Å². The van der Waals surface area contributed by atoms with E-state index in [0.29, 0.717) is 32.8 Å². The molecule has 2 aliphatic heterocycles. The molecule has 6 nitrogen and oxygen atoms in total. The van der Waals surface area contributed by atoms with E-state index >= 15 is 0 Å². The highest BCUT2D eigenvalue weighted by Crippen LogP contribution is 2.18. The van der Waals surface area contributed by atoms with E-state index in [1.54, 1.807) is 4.90 Å². The fourth-order valence-electron chi connectivity index (χ4n) is 2.64. The van der Waals surface area contributed by atoms with Crippen molar-refractivity contribution in [2.75, 3.05) is 38.1 Å². The number of urea groups is 1. The summed E-state index contributed by atoms with van der Waals surface area (Å²) in [6, 6.07) is 3.68. The number of ether oxygens (including phenoxy) is 1. The van der Waals surface area contributed by atoms with Gasteiger partial charge in [-0.1, -0.05) is 0 Å². The Morgan fingerprint density at radius 2 is 2.00 bits per heavy atom. The molecule has 1 atom stereocenters. The third-order valence-electron chi connectivity index (χ3n) is 3.83. The Bertz CT molecular complexity index is 492. The van der Waals surface area contributed by atoms with Crippen LogP contribution in [0.2, 0.25) is 0 Å². The minimum absolute atomic E-state index is 0.0748. The topological polar surface area (TPSA) is 61.9 Å². The van der Waals surface area contributed by atoms with Gasteiger partial charge in [0.15, 0.2) is 0 Å². The molecule has 0 radical (unpaired) electrons. The number of nitrogens with zero attached hydrogens (tertiary/aromatic N) is 2. The van der Waals surface area contributed by atoms with E-state index in [9.17, 15) is 9.59 Å². The average Bonchev–Trinajstić information content (AvgIpc) is 3.20. The second-order valence-corrected chi connectivity index (χ2v) is 6.17. The Labute approximate surface area is 127 Å². The van der Waals surface area contributed by atoms with Gasteiger partial charge in [-0.2, -0.15) is 0 Å². The van der Waals surface area contributed by atoms with Gasteiger partial charge in [-0.3, -0.25) is 10.1 Å². The zero-order valence-corrected chi connectivity index (χ0v) is 12.6. The maximum absolute atomic E-state index is 12.2. The van der Waals surface area contributed by atoms with E-state index in [1.807, 2.05) is 22.4 Å². The minimum Gasteiger partial charge on any atom is -0.368 e. The molecule has 0 saturated carbocycles. The van der Waals surface area contributed by atoms with Crippen molar-refractivity contribution in [1.29, 1.82) is 0 Å². The van der Waals surface area contributed by atoms with Crippen LogP contribution in [0.1, 0.15) is 12.8 Å². The largest absolute Gasteiger partial charge is 0.368 e. The molecule has 0 aromatic carbocycles. The lowest BCUT2D eigenvalue weighted by molar-refractivity contribution is -0.142. The molecule has 114 valence electrons. The van der Waals surface area contributed by atoms with Crippen molar-refractivity contribution in [2.45, 2.75) is 18.9 Å². The van der Waals surface area contributed by atoms with Gasteiger partial charge in [-0.25, -0.2) is 4.79 Å². The first-order valence-corrected chi connectivity index (χ1v) is 8.12. The molecule has 3 amide bonds. The molecule has 2 aliphatic rings. The minimum atomic E-state index is -0.267. The highest BCUT2D eigenvalue weighted by molar-refractivity contribution is 7.14. The van der Waals surface area contributed by atoms with Gasteiger partial charge in [0.25, 0.3) is 5.91 Å². The highest BCUT2D eigenvalue weighted by Gasteiger charge is 2.31. The number of nitrogens with one attached hydrogen (secondary N) is 1. The van der Waals surface area contributed by atoms with Crippen LogP contribution >= 0.6 is 11.3 Å². The quantitative estimate of drug-likeness (QED) is 0.902. The molecule has 0 spiro atoms. The number of piperazine rings is 1. The van der Waals surface area contributed by atoms with Gasteiger partial charge in [0.1, 0.15) is 6.10 Å². The van der Waals surface area contributed by atoms with Crippen molar-refractivity contribution in [3.8, 4) is 0 Å². The number of carbonyl (C=O) groups is 2. The highest BCUT2D eigenvalue weighted by atomic mass is 32.1. The van der Waals surface area contributed by atoms with Gasteiger partial charge in [-0.05, 0) is 30.4 Å². The number of thiophene rings is 1. The van der Waals surface area contributed by atoms with Crippen molar-refractivity contribution in [1.82, 2.24) is 9.80 Å². The van der Waals surface area contributed by atoms with E-state index < -0.39 is 0 Å². The monoisotopic (exact) mass is 309 g/mol. The summed E-state index contributed by atoms with van der Waals surface area (Å²) < 4.78 is 5.43. The van der Waals surface area contributed by atoms with Crippen molar-refractivity contribution in [3.05, 3.63) is 17.5 Å². The number of hydrogen-bond acceptors (Lipinski definition) is 4. The molecular formula is C14H19N3O3S. The standard InChI is InChI=1S/C14H19N3O3S/c18-13(11-3-1-9-20-11)16-5-7-17(8-6-16)14(19)15-12-4-2-10-21-12/h2,4,10-11H,1,3,5-9H2,(H,15,19)/t11-/m1/s1. The van der Waals surface area contributed by atoms with Crippen LogP contribution in [-0.2, 0) is 9.53 Å². The maximum Gasteiger partial charge on any atom is 0.322 e. The normalized spacial score (nSPS) is 22.4. The Morgan fingerprint density at radius 3 is 2.62 bits per heavy atom. The first-order chi connectivity index (χ1) is 10.2. The first-order valence-electron chi connectivity index (χ1n) is 7.24. The Morgan fingerprint density at radius 1 is 1.24 bits per heavy atom. The molecule has 1 aromatic heterocycles. The zero-order valence-electron chi connectivity index (χ0n) is 11.8. The van der Waals surface area contributed by atoms with Crippen LogP contribution in [0.5, 0.6) is 0 Å². The predicted molar refractivity (Wildman–Crippen MR) is 80.5 cm³/mol. The summed E-state index contributed by atoms with van der Waals surface area (Å²) in [6.45, 7) is 2.97. The molecule has 1 N–H and O–H groups in total. The van der Waals surface area contributed by atoms with Crippen LogP contribution in [-0.4, -0.2) is 60.6 Å². The van der Waals surface area contributed by atoms with Crippen molar-refractivity contribution in [2.24, 2.45) is 0 Å². The lowest BCUT2D eigenvalue weighted by atomic mass is 10.2. The third kappa shape index (κ3) is 3.36. The number of anilines is 1. The van der Waals surface area contributed by atoms with Crippen molar-refractivity contribution >= 4 is 28.3 Å². The maximum atomic E-state index is 12.2.